The summed E-state index contributed by atoms with van der Waals surface area (Å²) >= 11 is 0. The summed E-state index contributed by atoms with van der Waals surface area (Å²) in [5.74, 6) is 0.589. The largest absolute Gasteiger partial charge is 0.482 e. The molecule has 0 radical (unpaired) electrons. The second-order valence-corrected chi connectivity index (χ2v) is 8.16. The normalized spacial score (nSPS) is 22.1. The zero-order valence-electron chi connectivity index (χ0n) is 18.3. The Labute approximate surface area is 182 Å². The summed E-state index contributed by atoms with van der Waals surface area (Å²) in [5.41, 5.74) is 1.73. The molecule has 31 heavy (non-hydrogen) atoms. The number of amides is 1. The highest BCUT2D eigenvalue weighted by Crippen LogP contribution is 2.34. The first-order chi connectivity index (χ1) is 15.0. The molecule has 1 saturated heterocycles. The fourth-order valence-corrected chi connectivity index (χ4v) is 4.24. The van der Waals surface area contributed by atoms with Crippen LogP contribution in [0.1, 0.15) is 32.4 Å². The third kappa shape index (κ3) is 4.61. The number of carbonyl (C=O) groups excluding carboxylic acids is 1. The van der Waals surface area contributed by atoms with Gasteiger partial charge >= 0.3 is 0 Å². The zero-order valence-corrected chi connectivity index (χ0v) is 18.3. The van der Waals surface area contributed by atoms with E-state index in [2.05, 4.69) is 22.0 Å². The first-order valence-electron chi connectivity index (χ1n) is 11.0. The fourth-order valence-electron chi connectivity index (χ4n) is 4.24. The number of anilines is 1. The summed E-state index contributed by atoms with van der Waals surface area (Å²) in [7, 11) is 0. The molecule has 2 aliphatic heterocycles. The number of benzene rings is 2. The molecule has 2 aliphatic rings. The molecule has 3 atom stereocenters. The van der Waals surface area contributed by atoms with Crippen molar-refractivity contribution in [3.8, 4) is 11.5 Å². The molecular weight excluding hydrogens is 397 g/mol. The number of para-hydroxylation sites is 2. The van der Waals surface area contributed by atoms with Gasteiger partial charge in [-0.15, -0.1) is 0 Å². The number of halogens is 1. The van der Waals surface area contributed by atoms with Crippen molar-refractivity contribution in [1.29, 1.82) is 0 Å². The Morgan fingerprint density at radius 1 is 1.13 bits per heavy atom. The number of hydrogen-bond acceptors (Lipinski definition) is 5. The quantitative estimate of drug-likeness (QED) is 0.793. The van der Waals surface area contributed by atoms with Crippen LogP contribution in [0.3, 0.4) is 0 Å². The lowest BCUT2D eigenvalue weighted by atomic mass is 10.0. The van der Waals surface area contributed by atoms with Crippen LogP contribution >= 0.6 is 0 Å². The van der Waals surface area contributed by atoms with Gasteiger partial charge in [0, 0.05) is 37.4 Å². The first-order valence-corrected chi connectivity index (χ1v) is 11.0. The monoisotopic (exact) mass is 427 g/mol. The molecule has 0 spiro atoms. The van der Waals surface area contributed by atoms with Crippen molar-refractivity contribution in [3.63, 3.8) is 0 Å². The van der Waals surface area contributed by atoms with E-state index in [-0.39, 0.29) is 17.8 Å². The van der Waals surface area contributed by atoms with Gasteiger partial charge in [-0.1, -0.05) is 19.1 Å². The molecule has 2 aromatic carbocycles. The van der Waals surface area contributed by atoms with Crippen LogP contribution in [0.2, 0.25) is 0 Å². The predicted octanol–water partition coefficient (Wildman–Crippen LogP) is 3.37. The van der Waals surface area contributed by atoms with Gasteiger partial charge in [0.25, 0.3) is 5.91 Å². The van der Waals surface area contributed by atoms with E-state index in [0.29, 0.717) is 11.5 Å². The Morgan fingerprint density at radius 2 is 1.81 bits per heavy atom. The van der Waals surface area contributed by atoms with Crippen LogP contribution in [0, 0.1) is 5.82 Å². The van der Waals surface area contributed by atoms with E-state index in [1.165, 1.54) is 12.1 Å². The van der Waals surface area contributed by atoms with Crippen molar-refractivity contribution in [2.75, 3.05) is 37.6 Å². The number of ether oxygens (including phenoxy) is 2. The lowest BCUT2D eigenvalue weighted by molar-refractivity contribution is -0.134. The minimum Gasteiger partial charge on any atom is -0.482 e. The van der Waals surface area contributed by atoms with Gasteiger partial charge in [0.05, 0.1) is 6.04 Å². The molecule has 166 valence electrons. The smallest absolute Gasteiger partial charge is 0.265 e. The molecule has 6 nitrogen and oxygen atoms in total. The Bertz CT molecular complexity index is 930. The van der Waals surface area contributed by atoms with E-state index in [0.717, 1.165) is 44.0 Å². The minimum atomic E-state index is -0.776. The Kier molecular flexibility index (Phi) is 6.32. The maximum Gasteiger partial charge on any atom is 0.265 e. The van der Waals surface area contributed by atoms with Gasteiger partial charge in [0.2, 0.25) is 6.10 Å². The van der Waals surface area contributed by atoms with Gasteiger partial charge in [-0.2, -0.15) is 0 Å². The molecule has 4 rings (SSSR count). The number of rotatable bonds is 5. The standard InChI is InChI=1S/C24H30FN3O3/c1-4-27-11-13-28(14-12-27)20-10-9-18(25)15-19(20)16(2)26-24(29)23-17(3)30-21-7-5-6-8-22(21)31-23/h5-10,15-17,23H,4,11-14H2,1-3H3,(H,26,29). The second kappa shape index (κ2) is 9.14. The molecule has 0 bridgehead atoms. The lowest BCUT2D eigenvalue weighted by Crippen LogP contribution is -2.50. The van der Waals surface area contributed by atoms with Crippen molar-refractivity contribution in [2.24, 2.45) is 0 Å². The highest BCUT2D eigenvalue weighted by atomic mass is 19.1. The number of carbonyl (C=O) groups is 1. The van der Waals surface area contributed by atoms with Gasteiger partial charge in [-0.05, 0) is 50.7 Å². The summed E-state index contributed by atoms with van der Waals surface area (Å²) in [4.78, 5) is 17.7. The van der Waals surface area contributed by atoms with Crippen LogP contribution in [0.25, 0.3) is 0 Å². The zero-order chi connectivity index (χ0) is 22.0. The van der Waals surface area contributed by atoms with E-state index in [1.54, 1.807) is 6.07 Å². The molecule has 0 aromatic heterocycles. The van der Waals surface area contributed by atoms with Crippen LogP contribution in [0.5, 0.6) is 11.5 Å². The minimum absolute atomic E-state index is 0.277. The predicted molar refractivity (Wildman–Crippen MR) is 118 cm³/mol. The number of hydrogen-bond donors (Lipinski definition) is 1. The Morgan fingerprint density at radius 3 is 2.48 bits per heavy atom. The summed E-state index contributed by atoms with van der Waals surface area (Å²) in [6, 6.07) is 11.7. The van der Waals surface area contributed by atoms with Crippen LogP contribution in [-0.2, 0) is 4.79 Å². The highest BCUT2D eigenvalue weighted by molar-refractivity contribution is 5.83. The first kappa shape index (κ1) is 21.4. The van der Waals surface area contributed by atoms with Crippen molar-refractivity contribution in [2.45, 2.75) is 39.0 Å². The maximum atomic E-state index is 14.1. The van der Waals surface area contributed by atoms with E-state index in [1.807, 2.05) is 38.1 Å². The number of likely N-dealkylation sites (N-methyl/N-ethyl adjacent to an activating group) is 1. The summed E-state index contributed by atoms with van der Waals surface area (Å²) < 4.78 is 25.9. The van der Waals surface area contributed by atoms with E-state index in [4.69, 9.17) is 9.47 Å². The van der Waals surface area contributed by atoms with Crippen molar-refractivity contribution in [1.82, 2.24) is 10.2 Å². The van der Waals surface area contributed by atoms with Gasteiger partial charge in [0.15, 0.2) is 11.5 Å². The molecule has 2 heterocycles. The molecule has 1 fully saturated rings. The van der Waals surface area contributed by atoms with Crippen molar-refractivity contribution in [3.05, 3.63) is 53.8 Å². The van der Waals surface area contributed by atoms with Gasteiger partial charge < -0.3 is 24.6 Å². The molecular formula is C24H30FN3O3. The molecule has 0 saturated carbocycles. The van der Waals surface area contributed by atoms with Crippen molar-refractivity contribution >= 4 is 11.6 Å². The average molecular weight is 428 g/mol. The van der Waals surface area contributed by atoms with Crippen molar-refractivity contribution < 1.29 is 18.7 Å². The Balaban J connectivity index is 1.49. The molecule has 2 aromatic rings. The number of piperazine rings is 1. The van der Waals surface area contributed by atoms with Crippen LogP contribution in [-0.4, -0.2) is 55.7 Å². The third-order valence-corrected chi connectivity index (χ3v) is 6.08. The molecule has 0 aliphatic carbocycles. The average Bonchev–Trinajstić information content (AvgIpc) is 2.78. The highest BCUT2D eigenvalue weighted by Gasteiger charge is 2.35. The molecule has 3 unspecified atom stereocenters. The maximum absolute atomic E-state index is 14.1. The van der Waals surface area contributed by atoms with Crippen LogP contribution in [0.4, 0.5) is 10.1 Å². The van der Waals surface area contributed by atoms with Crippen LogP contribution in [0.15, 0.2) is 42.5 Å². The number of fused-ring (bicyclic) bond motifs is 1. The molecule has 7 heteroatoms. The number of nitrogens with one attached hydrogen (secondary N) is 1. The van der Waals surface area contributed by atoms with Gasteiger partial charge in [0.1, 0.15) is 11.9 Å². The lowest BCUT2D eigenvalue weighted by Gasteiger charge is -2.37. The van der Waals surface area contributed by atoms with Gasteiger partial charge in [-0.3, -0.25) is 4.79 Å². The Hall–Kier alpha value is -2.80. The topological polar surface area (TPSA) is 54.0 Å². The summed E-state index contributed by atoms with van der Waals surface area (Å²) in [6.45, 7) is 10.6. The summed E-state index contributed by atoms with van der Waals surface area (Å²) in [6.07, 6.45) is -1.21. The van der Waals surface area contributed by atoms with Gasteiger partial charge in [-0.25, -0.2) is 4.39 Å². The third-order valence-electron chi connectivity index (χ3n) is 6.08. The van der Waals surface area contributed by atoms with E-state index in [9.17, 15) is 9.18 Å². The molecule has 1 amide bonds. The van der Waals surface area contributed by atoms with Crippen LogP contribution < -0.4 is 19.7 Å². The van der Waals surface area contributed by atoms with E-state index >= 15 is 0 Å². The molecule has 1 N–H and O–H groups in total. The second-order valence-electron chi connectivity index (χ2n) is 8.16. The summed E-state index contributed by atoms with van der Waals surface area (Å²) in [5, 5.41) is 3.01. The number of nitrogens with zero attached hydrogens (tertiary/aromatic N) is 2. The SMILES string of the molecule is CCN1CCN(c2ccc(F)cc2C(C)NC(=O)C2Oc3ccccc3OC2C)CC1. The fraction of sp³-hybridized carbons (Fsp3) is 0.458. The van der Waals surface area contributed by atoms with E-state index < -0.39 is 12.2 Å².